The molecular weight excluding hydrogens is 328 g/mol. The van der Waals surface area contributed by atoms with E-state index in [4.69, 9.17) is 0 Å². The topological polar surface area (TPSA) is 74.3 Å². The molecule has 0 fully saturated rings. The van der Waals surface area contributed by atoms with Crippen molar-refractivity contribution in [2.45, 2.75) is 27.2 Å². The van der Waals surface area contributed by atoms with E-state index in [1.54, 1.807) is 30.3 Å². The lowest BCUT2D eigenvalue weighted by Crippen LogP contribution is -2.20. The minimum atomic E-state index is -0.249. The summed E-state index contributed by atoms with van der Waals surface area (Å²) in [6, 6.07) is 12.4. The van der Waals surface area contributed by atoms with Crippen LogP contribution in [0.1, 0.15) is 37.6 Å². The standard InChI is InChI=1S/C20H26N4O2/c1-20(2,3)13-18(25)22-16-7-6-8-17(21-16)23-19(26)14-9-11-15(12-10-14)24(4)5/h6-12H,13H2,1-5H3,(H2,21,22,23,25,26). The van der Waals surface area contributed by atoms with Gasteiger partial charge in [0.25, 0.3) is 5.91 Å². The van der Waals surface area contributed by atoms with Crippen LogP contribution in [-0.2, 0) is 4.79 Å². The Bertz CT molecular complexity index is 777. The lowest BCUT2D eigenvalue weighted by atomic mass is 9.92. The summed E-state index contributed by atoms with van der Waals surface area (Å²) >= 11 is 0. The van der Waals surface area contributed by atoms with Crippen molar-refractivity contribution in [3.8, 4) is 0 Å². The Morgan fingerprint density at radius 3 is 2.08 bits per heavy atom. The molecule has 6 nitrogen and oxygen atoms in total. The molecular formula is C20H26N4O2. The summed E-state index contributed by atoms with van der Waals surface area (Å²) in [5.41, 5.74) is 1.46. The number of hydrogen-bond acceptors (Lipinski definition) is 4. The number of rotatable bonds is 5. The van der Waals surface area contributed by atoms with Crippen LogP contribution in [0.25, 0.3) is 0 Å². The molecule has 0 aliphatic heterocycles. The third kappa shape index (κ3) is 5.88. The Labute approximate surface area is 154 Å². The second-order valence-corrected chi connectivity index (χ2v) is 7.59. The van der Waals surface area contributed by atoms with Gasteiger partial charge in [0, 0.05) is 31.8 Å². The number of carbonyl (C=O) groups is 2. The third-order valence-electron chi connectivity index (χ3n) is 3.59. The van der Waals surface area contributed by atoms with Crippen molar-refractivity contribution in [2.24, 2.45) is 5.41 Å². The summed E-state index contributed by atoms with van der Waals surface area (Å²) in [5.74, 6) is 0.453. The maximum atomic E-state index is 12.4. The second kappa shape index (κ2) is 7.99. The summed E-state index contributed by atoms with van der Waals surface area (Å²) in [5, 5.41) is 5.52. The number of hydrogen-bond donors (Lipinski definition) is 2. The average Bonchev–Trinajstić information content (AvgIpc) is 2.53. The van der Waals surface area contributed by atoms with Crippen LogP contribution in [0.5, 0.6) is 0 Å². The molecule has 2 amide bonds. The molecule has 0 aliphatic rings. The lowest BCUT2D eigenvalue weighted by Gasteiger charge is -2.17. The van der Waals surface area contributed by atoms with Crippen LogP contribution >= 0.6 is 0 Å². The molecule has 2 rings (SSSR count). The van der Waals surface area contributed by atoms with Crippen molar-refractivity contribution in [2.75, 3.05) is 29.6 Å². The molecule has 6 heteroatoms. The first-order valence-electron chi connectivity index (χ1n) is 8.50. The number of carbonyl (C=O) groups excluding carboxylic acids is 2. The molecule has 0 saturated heterocycles. The van der Waals surface area contributed by atoms with E-state index in [1.807, 2.05) is 51.9 Å². The highest BCUT2D eigenvalue weighted by molar-refractivity contribution is 6.04. The first kappa shape index (κ1) is 19.4. The van der Waals surface area contributed by atoms with E-state index in [2.05, 4.69) is 15.6 Å². The minimum Gasteiger partial charge on any atom is -0.378 e. The number of aromatic nitrogens is 1. The van der Waals surface area contributed by atoms with Crippen molar-refractivity contribution in [1.82, 2.24) is 4.98 Å². The predicted octanol–water partition coefficient (Wildman–Crippen LogP) is 3.77. The molecule has 0 spiro atoms. The van der Waals surface area contributed by atoms with Crippen LogP contribution < -0.4 is 15.5 Å². The van der Waals surface area contributed by atoms with E-state index < -0.39 is 0 Å². The summed E-state index contributed by atoms with van der Waals surface area (Å²) in [7, 11) is 3.89. The zero-order valence-corrected chi connectivity index (χ0v) is 16.0. The third-order valence-corrected chi connectivity index (χ3v) is 3.59. The minimum absolute atomic E-state index is 0.103. The largest absolute Gasteiger partial charge is 0.378 e. The van der Waals surface area contributed by atoms with Gasteiger partial charge in [0.05, 0.1) is 0 Å². The number of amides is 2. The van der Waals surface area contributed by atoms with Crippen molar-refractivity contribution >= 4 is 29.1 Å². The molecule has 2 aromatic rings. The van der Waals surface area contributed by atoms with Gasteiger partial charge in [0.2, 0.25) is 5.91 Å². The van der Waals surface area contributed by atoms with Gasteiger partial charge in [-0.2, -0.15) is 0 Å². The molecule has 1 aromatic carbocycles. The van der Waals surface area contributed by atoms with E-state index >= 15 is 0 Å². The number of nitrogens with zero attached hydrogens (tertiary/aromatic N) is 2. The Hall–Kier alpha value is -2.89. The molecule has 0 aliphatic carbocycles. The van der Waals surface area contributed by atoms with Crippen LogP contribution in [-0.4, -0.2) is 30.9 Å². The fourth-order valence-corrected chi connectivity index (χ4v) is 2.34. The van der Waals surface area contributed by atoms with Crippen molar-refractivity contribution in [3.63, 3.8) is 0 Å². The van der Waals surface area contributed by atoms with Gasteiger partial charge in [-0.25, -0.2) is 4.98 Å². The SMILES string of the molecule is CN(C)c1ccc(C(=O)Nc2cccc(NC(=O)CC(C)(C)C)n2)cc1. The van der Waals surface area contributed by atoms with E-state index in [0.29, 0.717) is 23.6 Å². The number of benzene rings is 1. The van der Waals surface area contributed by atoms with Crippen LogP contribution in [0.3, 0.4) is 0 Å². The first-order valence-corrected chi connectivity index (χ1v) is 8.50. The molecule has 1 aromatic heterocycles. The molecule has 2 N–H and O–H groups in total. The zero-order valence-electron chi connectivity index (χ0n) is 16.0. The van der Waals surface area contributed by atoms with E-state index in [1.165, 1.54) is 0 Å². The highest BCUT2D eigenvalue weighted by Gasteiger charge is 2.16. The van der Waals surface area contributed by atoms with Gasteiger partial charge in [-0.3, -0.25) is 9.59 Å². The monoisotopic (exact) mass is 354 g/mol. The Morgan fingerprint density at radius 1 is 0.962 bits per heavy atom. The van der Waals surface area contributed by atoms with Crippen LogP contribution in [0.4, 0.5) is 17.3 Å². The fraction of sp³-hybridized carbons (Fsp3) is 0.350. The lowest BCUT2D eigenvalue weighted by molar-refractivity contribution is -0.117. The summed E-state index contributed by atoms with van der Waals surface area (Å²) in [4.78, 5) is 30.6. The van der Waals surface area contributed by atoms with E-state index in [0.717, 1.165) is 5.69 Å². The summed E-state index contributed by atoms with van der Waals surface area (Å²) in [6.45, 7) is 5.99. The van der Waals surface area contributed by atoms with Gasteiger partial charge in [-0.05, 0) is 41.8 Å². The smallest absolute Gasteiger partial charge is 0.256 e. The highest BCUT2D eigenvalue weighted by Crippen LogP contribution is 2.20. The van der Waals surface area contributed by atoms with Gasteiger partial charge < -0.3 is 15.5 Å². The number of nitrogens with one attached hydrogen (secondary N) is 2. The summed E-state index contributed by atoms with van der Waals surface area (Å²) < 4.78 is 0. The zero-order chi connectivity index (χ0) is 19.3. The molecule has 0 atom stereocenters. The van der Waals surface area contributed by atoms with Crippen molar-refractivity contribution in [3.05, 3.63) is 48.0 Å². The molecule has 0 unspecified atom stereocenters. The van der Waals surface area contributed by atoms with Crippen LogP contribution in [0, 0.1) is 5.41 Å². The maximum Gasteiger partial charge on any atom is 0.256 e. The van der Waals surface area contributed by atoms with Crippen molar-refractivity contribution < 1.29 is 9.59 Å². The Balaban J connectivity index is 2.03. The van der Waals surface area contributed by atoms with Gasteiger partial charge in [-0.15, -0.1) is 0 Å². The molecule has 26 heavy (non-hydrogen) atoms. The van der Waals surface area contributed by atoms with Crippen LogP contribution in [0.15, 0.2) is 42.5 Å². The second-order valence-electron chi connectivity index (χ2n) is 7.59. The number of anilines is 3. The molecule has 0 saturated carbocycles. The maximum absolute atomic E-state index is 12.4. The summed E-state index contributed by atoms with van der Waals surface area (Å²) in [6.07, 6.45) is 0.392. The van der Waals surface area contributed by atoms with Crippen LogP contribution in [0.2, 0.25) is 0 Å². The number of pyridine rings is 1. The molecule has 0 radical (unpaired) electrons. The Kier molecular flexibility index (Phi) is 5.97. The van der Waals surface area contributed by atoms with Gasteiger partial charge in [0.15, 0.2) is 0 Å². The van der Waals surface area contributed by atoms with Gasteiger partial charge in [0.1, 0.15) is 11.6 Å². The molecule has 1 heterocycles. The fourth-order valence-electron chi connectivity index (χ4n) is 2.34. The van der Waals surface area contributed by atoms with Crippen molar-refractivity contribution in [1.29, 1.82) is 0 Å². The normalized spacial score (nSPS) is 11.0. The average molecular weight is 354 g/mol. The highest BCUT2D eigenvalue weighted by atomic mass is 16.2. The van der Waals surface area contributed by atoms with E-state index in [-0.39, 0.29) is 17.2 Å². The quantitative estimate of drug-likeness (QED) is 0.857. The van der Waals surface area contributed by atoms with E-state index in [9.17, 15) is 9.59 Å². The van der Waals surface area contributed by atoms with Gasteiger partial charge in [-0.1, -0.05) is 26.8 Å². The molecule has 0 bridgehead atoms. The molecule has 138 valence electrons. The predicted molar refractivity (Wildman–Crippen MR) is 106 cm³/mol. The first-order chi connectivity index (χ1) is 12.1. The Morgan fingerprint density at radius 2 is 1.54 bits per heavy atom. The van der Waals surface area contributed by atoms with Gasteiger partial charge >= 0.3 is 0 Å².